The number of rotatable bonds is 7. The topological polar surface area (TPSA) is 106 Å². The fraction of sp³-hybridized carbons (Fsp3) is 0.208. The van der Waals surface area contributed by atoms with Crippen LogP contribution in [0.1, 0.15) is 27.6 Å². The molecule has 0 bridgehead atoms. The molecule has 0 radical (unpaired) electrons. The quantitative estimate of drug-likeness (QED) is 0.407. The smallest absolute Gasteiger partial charge is 0.339 e. The van der Waals surface area contributed by atoms with E-state index in [0.29, 0.717) is 40.1 Å². The van der Waals surface area contributed by atoms with Gasteiger partial charge < -0.3 is 15.0 Å². The van der Waals surface area contributed by atoms with Crippen molar-refractivity contribution in [3.63, 3.8) is 0 Å². The third-order valence-electron chi connectivity index (χ3n) is 5.06. The lowest BCUT2D eigenvalue weighted by molar-refractivity contribution is -0.119. The number of hydrogen-bond acceptors (Lipinski definition) is 7. The molecule has 0 aliphatic heterocycles. The van der Waals surface area contributed by atoms with Crippen LogP contribution in [0.4, 0.5) is 5.69 Å². The van der Waals surface area contributed by atoms with E-state index in [1.165, 1.54) is 16.2 Å². The van der Waals surface area contributed by atoms with Crippen LogP contribution in [-0.4, -0.2) is 58.2 Å². The molecule has 4 aromatic rings. The Hall–Kier alpha value is -4.05. The molecule has 174 valence electrons. The Morgan fingerprint density at radius 2 is 1.91 bits per heavy atom. The molecule has 0 spiro atoms. The Morgan fingerprint density at radius 1 is 1.15 bits per heavy atom. The van der Waals surface area contributed by atoms with Crippen molar-refractivity contribution < 1.29 is 19.1 Å². The molecular weight excluding hydrogens is 454 g/mol. The number of pyridine rings is 1. The van der Waals surface area contributed by atoms with E-state index in [2.05, 4.69) is 15.4 Å². The summed E-state index contributed by atoms with van der Waals surface area (Å²) in [5, 5.41) is 9.46. The van der Waals surface area contributed by atoms with Crippen LogP contribution in [0, 0.1) is 0 Å². The average molecular weight is 478 g/mol. The molecule has 0 atom stereocenters. The fourth-order valence-corrected chi connectivity index (χ4v) is 4.04. The second-order valence-electron chi connectivity index (χ2n) is 7.63. The maximum atomic E-state index is 12.9. The predicted molar refractivity (Wildman–Crippen MR) is 130 cm³/mol. The number of nitrogens with one attached hydrogen (secondary N) is 1. The van der Waals surface area contributed by atoms with E-state index in [4.69, 9.17) is 4.74 Å². The van der Waals surface area contributed by atoms with E-state index >= 15 is 0 Å². The molecular formula is C24H23N5O4S. The van der Waals surface area contributed by atoms with Gasteiger partial charge in [0.1, 0.15) is 0 Å². The lowest BCUT2D eigenvalue weighted by atomic mass is 10.1. The number of aryl methyl sites for hydroxylation is 1. The molecule has 3 aromatic heterocycles. The summed E-state index contributed by atoms with van der Waals surface area (Å²) in [6, 6.07) is 12.0. The van der Waals surface area contributed by atoms with Crippen molar-refractivity contribution in [2.45, 2.75) is 13.5 Å². The van der Waals surface area contributed by atoms with Gasteiger partial charge in [-0.1, -0.05) is 6.07 Å². The van der Waals surface area contributed by atoms with Crippen LogP contribution in [0.3, 0.4) is 0 Å². The van der Waals surface area contributed by atoms with Crippen LogP contribution >= 0.6 is 11.3 Å². The van der Waals surface area contributed by atoms with Gasteiger partial charge in [-0.05, 0) is 48.7 Å². The molecule has 0 saturated heterocycles. The number of anilines is 1. The predicted octanol–water partition coefficient (Wildman–Crippen LogP) is 3.68. The second-order valence-corrected chi connectivity index (χ2v) is 8.58. The SMILES string of the molecule is CCn1ncc2c(C(=O)OCC(=O)Nc3ccc(C(=O)N(C)C)cc3)cc(-c3cccs3)nc21. The van der Waals surface area contributed by atoms with Gasteiger partial charge in [-0.2, -0.15) is 5.10 Å². The number of hydrogen-bond donors (Lipinski definition) is 1. The first-order valence-corrected chi connectivity index (χ1v) is 11.4. The number of fused-ring (bicyclic) bond motifs is 1. The van der Waals surface area contributed by atoms with Crippen LogP contribution in [0.25, 0.3) is 21.6 Å². The van der Waals surface area contributed by atoms with Gasteiger partial charge in [-0.3, -0.25) is 9.59 Å². The van der Waals surface area contributed by atoms with Crippen molar-refractivity contribution in [3.05, 3.63) is 65.2 Å². The summed E-state index contributed by atoms with van der Waals surface area (Å²) in [6.45, 7) is 2.08. The summed E-state index contributed by atoms with van der Waals surface area (Å²) in [5.41, 5.74) is 2.52. The Morgan fingerprint density at radius 3 is 2.56 bits per heavy atom. The first kappa shape index (κ1) is 23.1. The molecule has 0 aliphatic carbocycles. The third-order valence-corrected chi connectivity index (χ3v) is 5.95. The molecule has 10 heteroatoms. The summed E-state index contributed by atoms with van der Waals surface area (Å²) in [7, 11) is 3.33. The van der Waals surface area contributed by atoms with Crippen LogP contribution < -0.4 is 5.32 Å². The highest BCUT2D eigenvalue weighted by molar-refractivity contribution is 7.13. The van der Waals surface area contributed by atoms with Gasteiger partial charge in [-0.15, -0.1) is 11.3 Å². The summed E-state index contributed by atoms with van der Waals surface area (Å²) in [4.78, 5) is 44.3. The average Bonchev–Trinajstić information content (AvgIpc) is 3.52. The molecule has 2 amide bonds. The first-order valence-electron chi connectivity index (χ1n) is 10.6. The molecule has 0 fully saturated rings. The number of aromatic nitrogens is 3. The highest BCUT2D eigenvalue weighted by atomic mass is 32.1. The molecule has 0 saturated carbocycles. The molecule has 34 heavy (non-hydrogen) atoms. The van der Waals surface area contributed by atoms with Crippen molar-refractivity contribution >= 4 is 45.8 Å². The van der Waals surface area contributed by atoms with Gasteiger partial charge in [0.25, 0.3) is 11.8 Å². The van der Waals surface area contributed by atoms with E-state index < -0.39 is 18.5 Å². The zero-order chi connectivity index (χ0) is 24.2. The number of thiophene rings is 1. The van der Waals surface area contributed by atoms with Gasteiger partial charge in [-0.25, -0.2) is 14.5 Å². The van der Waals surface area contributed by atoms with Crippen molar-refractivity contribution in [2.75, 3.05) is 26.0 Å². The normalized spacial score (nSPS) is 10.8. The summed E-state index contributed by atoms with van der Waals surface area (Å²) in [5.74, 6) is -1.26. The van der Waals surface area contributed by atoms with Crippen LogP contribution in [0.2, 0.25) is 0 Å². The molecule has 9 nitrogen and oxygen atoms in total. The van der Waals surface area contributed by atoms with Crippen LogP contribution in [-0.2, 0) is 16.1 Å². The molecule has 1 N–H and O–H groups in total. The number of benzene rings is 1. The standard InChI is InChI=1S/C24H23N5O4S/c1-4-29-22-18(13-25-29)17(12-19(27-22)20-6-5-11-34-20)24(32)33-14-21(30)26-16-9-7-15(8-10-16)23(31)28(2)3/h5-13H,4,14H2,1-3H3,(H,26,30). The number of carbonyl (C=O) groups is 3. The Bertz CT molecular complexity index is 1340. The van der Waals surface area contributed by atoms with E-state index in [1.54, 1.807) is 55.3 Å². The lowest BCUT2D eigenvalue weighted by Crippen LogP contribution is -2.22. The minimum atomic E-state index is -0.636. The van der Waals surface area contributed by atoms with E-state index in [-0.39, 0.29) is 5.91 Å². The third kappa shape index (κ3) is 4.81. The van der Waals surface area contributed by atoms with E-state index in [1.807, 2.05) is 24.4 Å². The summed E-state index contributed by atoms with van der Waals surface area (Å²) in [6.07, 6.45) is 1.58. The Balaban J connectivity index is 1.47. The maximum absolute atomic E-state index is 12.9. The summed E-state index contributed by atoms with van der Waals surface area (Å²) >= 11 is 1.51. The van der Waals surface area contributed by atoms with Crippen LogP contribution in [0.5, 0.6) is 0 Å². The molecule has 4 rings (SSSR count). The van der Waals surface area contributed by atoms with Crippen molar-refractivity contribution in [1.82, 2.24) is 19.7 Å². The second kappa shape index (κ2) is 9.84. The largest absolute Gasteiger partial charge is 0.452 e. The number of amides is 2. The van der Waals surface area contributed by atoms with E-state index in [9.17, 15) is 14.4 Å². The minimum Gasteiger partial charge on any atom is -0.452 e. The maximum Gasteiger partial charge on any atom is 0.339 e. The fourth-order valence-electron chi connectivity index (χ4n) is 3.36. The zero-order valence-electron chi connectivity index (χ0n) is 18.9. The number of carbonyl (C=O) groups excluding carboxylic acids is 3. The van der Waals surface area contributed by atoms with Gasteiger partial charge in [0, 0.05) is 31.9 Å². The van der Waals surface area contributed by atoms with Crippen LogP contribution in [0.15, 0.2) is 54.0 Å². The van der Waals surface area contributed by atoms with E-state index in [0.717, 1.165) is 4.88 Å². The highest BCUT2D eigenvalue weighted by Crippen LogP contribution is 2.28. The number of ether oxygens (including phenoxy) is 1. The summed E-state index contributed by atoms with van der Waals surface area (Å²) < 4.78 is 7.01. The number of esters is 1. The van der Waals surface area contributed by atoms with Gasteiger partial charge in [0.2, 0.25) is 0 Å². The minimum absolute atomic E-state index is 0.135. The van der Waals surface area contributed by atoms with Crippen molar-refractivity contribution in [3.8, 4) is 10.6 Å². The van der Waals surface area contributed by atoms with Gasteiger partial charge in [0.05, 0.1) is 27.7 Å². The first-order chi connectivity index (χ1) is 16.4. The lowest BCUT2D eigenvalue weighted by Gasteiger charge is -2.11. The highest BCUT2D eigenvalue weighted by Gasteiger charge is 2.20. The number of nitrogens with zero attached hydrogens (tertiary/aromatic N) is 4. The Labute approximate surface area is 200 Å². The Kier molecular flexibility index (Phi) is 6.69. The van der Waals surface area contributed by atoms with Gasteiger partial charge in [0.15, 0.2) is 12.3 Å². The molecule has 0 aliphatic rings. The molecule has 1 aromatic carbocycles. The van der Waals surface area contributed by atoms with Crippen molar-refractivity contribution in [1.29, 1.82) is 0 Å². The monoisotopic (exact) mass is 477 g/mol. The molecule has 3 heterocycles. The van der Waals surface area contributed by atoms with Crippen molar-refractivity contribution in [2.24, 2.45) is 0 Å². The van der Waals surface area contributed by atoms with Gasteiger partial charge >= 0.3 is 5.97 Å². The zero-order valence-corrected chi connectivity index (χ0v) is 19.8. The molecule has 0 unspecified atom stereocenters.